The predicted octanol–water partition coefficient (Wildman–Crippen LogP) is 1.34. The summed E-state index contributed by atoms with van der Waals surface area (Å²) in [4.78, 5) is 25.8. The topological polar surface area (TPSA) is 125 Å². The van der Waals surface area contributed by atoms with Crippen LogP contribution in [0.15, 0.2) is 18.5 Å². The molecule has 0 fully saturated rings. The molecule has 33 heavy (non-hydrogen) atoms. The second kappa shape index (κ2) is 10.4. The number of aliphatic hydroxyl groups excluding tert-OH is 2. The number of nitrogens with one attached hydrogen (secondary N) is 2. The van der Waals surface area contributed by atoms with E-state index in [1.54, 1.807) is 20.0 Å². The number of anilines is 1. The van der Waals surface area contributed by atoms with E-state index in [2.05, 4.69) is 43.3 Å². The number of halogens is 1. The van der Waals surface area contributed by atoms with Gasteiger partial charge in [-0.2, -0.15) is 4.39 Å². The van der Waals surface area contributed by atoms with Crippen molar-refractivity contribution in [1.29, 1.82) is 0 Å². The lowest BCUT2D eigenvalue weighted by molar-refractivity contribution is -0.138. The van der Waals surface area contributed by atoms with E-state index >= 15 is 0 Å². The average molecular weight is 471 g/mol. The van der Waals surface area contributed by atoms with Crippen molar-refractivity contribution in [2.45, 2.75) is 25.7 Å². The summed E-state index contributed by atoms with van der Waals surface area (Å²) in [6, 6.07) is 2.86. The van der Waals surface area contributed by atoms with Crippen molar-refractivity contribution < 1.29 is 19.4 Å². The van der Waals surface area contributed by atoms with Gasteiger partial charge in [0, 0.05) is 20.5 Å². The Hall–Kier alpha value is -3.51. The maximum Gasteiger partial charge on any atom is 0.225 e. The Morgan fingerprint density at radius 2 is 2.06 bits per heavy atom. The number of aromatic nitrogens is 4. The Balaban J connectivity index is 2.02. The van der Waals surface area contributed by atoms with Gasteiger partial charge in [0.2, 0.25) is 11.7 Å². The van der Waals surface area contributed by atoms with E-state index in [0.717, 1.165) is 11.3 Å². The number of hydrogen-bond donors (Lipinski definition) is 4. The molecule has 0 aliphatic carbocycles. The quantitative estimate of drug-likeness (QED) is 0.384. The third kappa shape index (κ3) is 5.12. The van der Waals surface area contributed by atoms with Crippen molar-refractivity contribution in [2.24, 2.45) is 11.8 Å². The van der Waals surface area contributed by atoms with Crippen molar-refractivity contribution in [1.82, 2.24) is 24.8 Å². The minimum atomic E-state index is -1.55. The normalized spacial score (nSPS) is 14.5. The smallest absolute Gasteiger partial charge is 0.225 e. The zero-order valence-electron chi connectivity index (χ0n) is 18.2. The fourth-order valence-electron chi connectivity index (χ4n) is 3.42. The number of fused-ring (bicyclic) bond motifs is 1. The third-order valence-corrected chi connectivity index (χ3v) is 5.88. The van der Waals surface area contributed by atoms with Gasteiger partial charge in [-0.15, -0.1) is 12.3 Å². The molecule has 0 saturated carbocycles. The monoisotopic (exact) mass is 470 g/mol. The van der Waals surface area contributed by atoms with Crippen LogP contribution in [0.4, 0.5) is 10.2 Å². The standard InChI is InChI=1S/C22H23FN6O3S/c1-5-6-12(2)16(21(31)25-4)18(30)22(32)29-11-26-17-19(24-3)27-15(28-20(17)29)10-8-13-7-9-14(23)33-13/h1,7,9,11-12,16,18,22,30,32H,6H2,2-4H3,(H,25,31)(H,24,27,28)/t12?,16-,18+,22+/m0/s1. The van der Waals surface area contributed by atoms with Crippen LogP contribution in [0.2, 0.25) is 0 Å². The maximum absolute atomic E-state index is 13.2. The number of aliphatic hydroxyl groups is 2. The van der Waals surface area contributed by atoms with Crippen LogP contribution in [-0.4, -0.2) is 55.8 Å². The largest absolute Gasteiger partial charge is 0.388 e. The number of imidazole rings is 1. The molecular formula is C22H23FN6O3S. The molecule has 0 aromatic carbocycles. The van der Waals surface area contributed by atoms with Gasteiger partial charge in [-0.25, -0.2) is 15.0 Å². The van der Waals surface area contributed by atoms with Crippen LogP contribution in [-0.2, 0) is 4.79 Å². The number of carbonyl (C=O) groups is 1. The molecular weight excluding hydrogens is 447 g/mol. The van der Waals surface area contributed by atoms with E-state index in [1.807, 2.05) is 0 Å². The molecule has 0 aliphatic rings. The van der Waals surface area contributed by atoms with Gasteiger partial charge in [0.1, 0.15) is 6.10 Å². The summed E-state index contributed by atoms with van der Waals surface area (Å²) >= 11 is 0.895. The number of nitrogens with zero attached hydrogens (tertiary/aromatic N) is 4. The van der Waals surface area contributed by atoms with E-state index < -0.39 is 30.1 Å². The lowest BCUT2D eigenvalue weighted by atomic mass is 9.85. The Kier molecular flexibility index (Phi) is 7.61. The molecule has 4 atom stereocenters. The van der Waals surface area contributed by atoms with Gasteiger partial charge in [0.25, 0.3) is 0 Å². The minimum Gasteiger partial charge on any atom is -0.388 e. The van der Waals surface area contributed by atoms with Crippen LogP contribution in [0.3, 0.4) is 0 Å². The first-order valence-corrected chi connectivity index (χ1v) is 10.8. The number of rotatable bonds is 7. The fourth-order valence-corrected chi connectivity index (χ4v) is 4.00. The molecule has 3 heterocycles. The molecule has 172 valence electrons. The van der Waals surface area contributed by atoms with Gasteiger partial charge < -0.3 is 20.8 Å². The lowest BCUT2D eigenvalue weighted by Gasteiger charge is -2.29. The van der Waals surface area contributed by atoms with Crippen molar-refractivity contribution in [3.63, 3.8) is 0 Å². The number of carbonyl (C=O) groups excluding carboxylic acids is 1. The summed E-state index contributed by atoms with van der Waals surface area (Å²) < 4.78 is 14.5. The Morgan fingerprint density at radius 3 is 2.67 bits per heavy atom. The summed E-state index contributed by atoms with van der Waals surface area (Å²) in [6.45, 7) is 1.73. The molecule has 0 saturated heterocycles. The molecule has 0 bridgehead atoms. The van der Waals surface area contributed by atoms with E-state index in [4.69, 9.17) is 6.42 Å². The molecule has 3 aromatic rings. The second-order valence-corrected chi connectivity index (χ2v) is 8.29. The highest BCUT2D eigenvalue weighted by Crippen LogP contribution is 2.28. The highest BCUT2D eigenvalue weighted by Gasteiger charge is 2.37. The molecule has 3 aromatic heterocycles. The molecule has 1 amide bonds. The molecule has 1 unspecified atom stereocenters. The van der Waals surface area contributed by atoms with Gasteiger partial charge in [0.15, 0.2) is 28.3 Å². The van der Waals surface area contributed by atoms with Crippen LogP contribution < -0.4 is 10.6 Å². The van der Waals surface area contributed by atoms with Crippen LogP contribution >= 0.6 is 11.3 Å². The molecule has 9 nitrogen and oxygen atoms in total. The molecule has 0 aliphatic heterocycles. The van der Waals surface area contributed by atoms with Crippen LogP contribution in [0, 0.1) is 41.2 Å². The number of amides is 1. The van der Waals surface area contributed by atoms with Gasteiger partial charge in [-0.3, -0.25) is 9.36 Å². The minimum absolute atomic E-state index is 0.104. The summed E-state index contributed by atoms with van der Waals surface area (Å²) in [5.74, 6) is 6.68. The fraction of sp³-hybridized carbons (Fsp3) is 0.364. The Morgan fingerprint density at radius 1 is 1.30 bits per heavy atom. The summed E-state index contributed by atoms with van der Waals surface area (Å²) in [5, 5.41) is 26.9. The average Bonchev–Trinajstić information content (AvgIpc) is 3.42. The first kappa shape index (κ1) is 24.1. The SMILES string of the molecule is C#CCC(C)[C@H](C(=O)NC)[C@@H](O)[C@@H](O)n1cnc2c(NC)nc(C#Cc3ccc(F)s3)nc21. The summed E-state index contributed by atoms with van der Waals surface area (Å²) in [6.07, 6.45) is 3.86. The van der Waals surface area contributed by atoms with Crippen LogP contribution in [0.25, 0.3) is 11.2 Å². The van der Waals surface area contributed by atoms with E-state index in [0.29, 0.717) is 16.2 Å². The zero-order chi connectivity index (χ0) is 24.1. The van der Waals surface area contributed by atoms with Gasteiger partial charge in [-0.1, -0.05) is 18.3 Å². The number of thiophene rings is 1. The maximum atomic E-state index is 13.2. The molecule has 4 N–H and O–H groups in total. The molecule has 11 heteroatoms. The number of hydrogen-bond acceptors (Lipinski definition) is 8. The van der Waals surface area contributed by atoms with Crippen molar-refractivity contribution >= 4 is 34.2 Å². The lowest BCUT2D eigenvalue weighted by Crippen LogP contribution is -2.43. The highest BCUT2D eigenvalue weighted by atomic mass is 32.1. The first-order valence-electron chi connectivity index (χ1n) is 10.0. The number of terminal acetylenes is 1. The van der Waals surface area contributed by atoms with Gasteiger partial charge in [0.05, 0.1) is 17.1 Å². The molecule has 0 spiro atoms. The second-order valence-electron chi connectivity index (χ2n) is 7.25. The molecule has 0 radical (unpaired) electrons. The Bertz CT molecular complexity index is 1250. The highest BCUT2D eigenvalue weighted by molar-refractivity contribution is 7.10. The predicted molar refractivity (Wildman–Crippen MR) is 123 cm³/mol. The molecule has 3 rings (SSSR count). The summed E-state index contributed by atoms with van der Waals surface area (Å²) in [5.41, 5.74) is 0.535. The van der Waals surface area contributed by atoms with E-state index in [-0.39, 0.29) is 23.0 Å². The van der Waals surface area contributed by atoms with Crippen LogP contribution in [0.1, 0.15) is 30.3 Å². The van der Waals surface area contributed by atoms with E-state index in [1.165, 1.54) is 24.0 Å². The third-order valence-electron chi connectivity index (χ3n) is 5.09. The Labute approximate surface area is 194 Å². The van der Waals surface area contributed by atoms with Crippen LogP contribution in [0.5, 0.6) is 0 Å². The van der Waals surface area contributed by atoms with Crippen molar-refractivity contribution in [3.8, 4) is 24.2 Å². The van der Waals surface area contributed by atoms with Crippen molar-refractivity contribution in [2.75, 3.05) is 19.4 Å². The first-order chi connectivity index (χ1) is 15.8. The zero-order valence-corrected chi connectivity index (χ0v) is 19.0. The van der Waals surface area contributed by atoms with Gasteiger partial charge >= 0.3 is 0 Å². The summed E-state index contributed by atoms with van der Waals surface area (Å²) in [7, 11) is 3.08. The van der Waals surface area contributed by atoms with Crippen molar-refractivity contribution in [3.05, 3.63) is 34.3 Å². The van der Waals surface area contributed by atoms with E-state index in [9.17, 15) is 19.4 Å². The van der Waals surface area contributed by atoms with Gasteiger partial charge in [-0.05, 0) is 29.9 Å².